The van der Waals surface area contributed by atoms with Crippen molar-refractivity contribution < 1.29 is 9.90 Å². The number of fused-ring (bicyclic) bond motifs is 1. The number of aromatic amines is 1. The van der Waals surface area contributed by atoms with E-state index in [1.165, 1.54) is 17.5 Å². The van der Waals surface area contributed by atoms with Gasteiger partial charge in [0.1, 0.15) is 5.82 Å². The van der Waals surface area contributed by atoms with Crippen LogP contribution in [0.15, 0.2) is 35.1 Å². The molecule has 1 aromatic carbocycles. The Kier molecular flexibility index (Phi) is 3.57. The lowest BCUT2D eigenvalue weighted by Gasteiger charge is -2.16. The molecule has 8 heteroatoms. The van der Waals surface area contributed by atoms with E-state index in [1.807, 2.05) is 0 Å². The van der Waals surface area contributed by atoms with Gasteiger partial charge in [-0.05, 0) is 26.0 Å². The van der Waals surface area contributed by atoms with E-state index in [0.717, 1.165) is 5.56 Å². The van der Waals surface area contributed by atoms with E-state index in [2.05, 4.69) is 20.4 Å². The molecule has 3 aromatic rings. The lowest BCUT2D eigenvalue weighted by Crippen LogP contribution is -2.38. The van der Waals surface area contributed by atoms with E-state index in [-0.39, 0.29) is 5.56 Å². The molecule has 0 saturated heterocycles. The van der Waals surface area contributed by atoms with Gasteiger partial charge in [-0.2, -0.15) is 9.50 Å². The highest BCUT2D eigenvalue weighted by molar-refractivity contribution is 5.75. The molecule has 23 heavy (non-hydrogen) atoms. The van der Waals surface area contributed by atoms with E-state index in [9.17, 15) is 14.7 Å². The molecule has 3 rings (SSSR count). The minimum atomic E-state index is -1.18. The highest BCUT2D eigenvalue weighted by Crippen LogP contribution is 2.19. The number of nitrogens with one attached hydrogen (secondary N) is 2. The summed E-state index contributed by atoms with van der Waals surface area (Å²) in [6.45, 7) is 3.24. The molecule has 118 valence electrons. The Labute approximate surface area is 130 Å². The lowest BCUT2D eigenvalue weighted by atomic mass is 10.1. The van der Waals surface area contributed by atoms with Crippen molar-refractivity contribution in [2.24, 2.45) is 0 Å². The van der Waals surface area contributed by atoms with E-state index in [4.69, 9.17) is 0 Å². The van der Waals surface area contributed by atoms with Crippen LogP contribution in [-0.2, 0) is 4.79 Å². The van der Waals surface area contributed by atoms with E-state index in [0.29, 0.717) is 23.0 Å². The third kappa shape index (κ3) is 2.91. The zero-order valence-electron chi connectivity index (χ0n) is 12.5. The van der Waals surface area contributed by atoms with Crippen LogP contribution in [0, 0.1) is 6.92 Å². The Hall–Kier alpha value is -3.16. The summed E-state index contributed by atoms with van der Waals surface area (Å²) in [6.07, 6.45) is 0. The van der Waals surface area contributed by atoms with E-state index >= 15 is 0 Å². The molecule has 0 aliphatic rings. The number of carbonyl (C=O) groups is 1. The number of nitrogens with zero attached hydrogens (tertiary/aromatic N) is 3. The first-order chi connectivity index (χ1) is 10.9. The third-order valence-corrected chi connectivity index (χ3v) is 3.36. The molecule has 0 radical (unpaired) electrons. The summed E-state index contributed by atoms with van der Waals surface area (Å²) >= 11 is 0. The summed E-state index contributed by atoms with van der Waals surface area (Å²) in [5.74, 6) is -0.275. The minimum Gasteiger partial charge on any atom is -0.548 e. The predicted octanol–water partition coefficient (Wildman–Crippen LogP) is -0.0567. The highest BCUT2D eigenvalue weighted by atomic mass is 16.4. The van der Waals surface area contributed by atoms with Crippen molar-refractivity contribution in [2.75, 3.05) is 5.32 Å². The molecular weight excluding hydrogens is 298 g/mol. The molecule has 0 amide bonds. The molecule has 2 heterocycles. The first kappa shape index (κ1) is 14.8. The van der Waals surface area contributed by atoms with Gasteiger partial charge in [-0.3, -0.25) is 9.89 Å². The average molecular weight is 312 g/mol. The Morgan fingerprint density at radius 1 is 1.30 bits per heavy atom. The molecule has 0 aliphatic carbocycles. The Bertz CT molecular complexity index is 926. The number of aryl methyl sites for hydroxylation is 1. The summed E-state index contributed by atoms with van der Waals surface area (Å²) in [6, 6.07) is 7.55. The Balaban J connectivity index is 1.93. The molecule has 0 saturated carbocycles. The molecule has 1 unspecified atom stereocenters. The molecular formula is C15H14N5O3-. The van der Waals surface area contributed by atoms with Crippen molar-refractivity contribution in [3.63, 3.8) is 0 Å². The zero-order chi connectivity index (χ0) is 16.6. The first-order valence-corrected chi connectivity index (χ1v) is 6.98. The fraction of sp³-hybridized carbons (Fsp3) is 0.200. The van der Waals surface area contributed by atoms with Crippen LogP contribution in [0.25, 0.3) is 17.0 Å². The van der Waals surface area contributed by atoms with Gasteiger partial charge >= 0.3 is 0 Å². The molecule has 2 N–H and O–H groups in total. The van der Waals surface area contributed by atoms with Crippen LogP contribution in [0.1, 0.15) is 12.7 Å². The van der Waals surface area contributed by atoms with Crippen molar-refractivity contribution in [1.29, 1.82) is 0 Å². The van der Waals surface area contributed by atoms with Crippen LogP contribution in [0.4, 0.5) is 5.69 Å². The van der Waals surface area contributed by atoms with Gasteiger partial charge in [-0.15, -0.1) is 0 Å². The van der Waals surface area contributed by atoms with Gasteiger partial charge in [-0.25, -0.2) is 4.98 Å². The number of benzene rings is 1. The summed E-state index contributed by atoms with van der Waals surface area (Å²) in [5, 5.41) is 16.3. The van der Waals surface area contributed by atoms with Gasteiger partial charge in [0.2, 0.25) is 0 Å². The maximum Gasteiger partial charge on any atom is 0.274 e. The third-order valence-electron chi connectivity index (χ3n) is 3.36. The second-order valence-electron chi connectivity index (χ2n) is 5.19. The van der Waals surface area contributed by atoms with Crippen LogP contribution in [0.2, 0.25) is 0 Å². The zero-order valence-corrected chi connectivity index (χ0v) is 12.5. The Morgan fingerprint density at radius 2 is 2.00 bits per heavy atom. The maximum atomic E-state index is 12.0. The number of H-pyrrole nitrogens is 1. The van der Waals surface area contributed by atoms with Crippen LogP contribution in [0.3, 0.4) is 0 Å². The number of aliphatic carboxylic acids is 1. The summed E-state index contributed by atoms with van der Waals surface area (Å²) in [5.41, 5.74) is 1.62. The number of hydrogen-bond acceptors (Lipinski definition) is 6. The summed E-state index contributed by atoms with van der Waals surface area (Å²) in [7, 11) is 0. The number of carbonyl (C=O) groups excluding carboxylic acids is 1. The standard InChI is InChI=1S/C15H15N5O3/c1-8(14(22)23)16-11-5-3-10(4-6-11)12-7-13(21)20-15(18-12)17-9(2)19-20/h3-8,16H,1-2H3,(H,22,23)(H,17,18,19)/p-1. The smallest absolute Gasteiger partial charge is 0.274 e. The number of rotatable bonds is 4. The fourth-order valence-electron chi connectivity index (χ4n) is 2.18. The number of carboxylic acid groups (broad SMARTS) is 1. The minimum absolute atomic E-state index is 0.252. The fourth-order valence-corrected chi connectivity index (χ4v) is 2.18. The molecule has 2 aromatic heterocycles. The number of aromatic nitrogens is 4. The van der Waals surface area contributed by atoms with Crippen molar-refractivity contribution in [3.05, 3.63) is 46.5 Å². The quantitative estimate of drug-likeness (QED) is 0.697. The second kappa shape index (κ2) is 5.56. The number of carboxylic acids is 1. The van der Waals surface area contributed by atoms with Crippen LogP contribution in [-0.4, -0.2) is 31.6 Å². The van der Waals surface area contributed by atoms with Gasteiger partial charge in [0.25, 0.3) is 11.3 Å². The molecule has 0 bridgehead atoms. The van der Waals surface area contributed by atoms with Gasteiger partial charge in [0, 0.05) is 17.3 Å². The van der Waals surface area contributed by atoms with Crippen molar-refractivity contribution in [1.82, 2.24) is 19.6 Å². The Morgan fingerprint density at radius 3 is 2.65 bits per heavy atom. The van der Waals surface area contributed by atoms with Gasteiger partial charge in [-0.1, -0.05) is 12.1 Å². The average Bonchev–Trinajstić information content (AvgIpc) is 2.89. The summed E-state index contributed by atoms with van der Waals surface area (Å²) < 4.78 is 1.27. The van der Waals surface area contributed by atoms with Crippen molar-refractivity contribution >= 4 is 17.4 Å². The molecule has 1 atom stereocenters. The van der Waals surface area contributed by atoms with Gasteiger partial charge in [0.15, 0.2) is 0 Å². The first-order valence-electron chi connectivity index (χ1n) is 6.98. The van der Waals surface area contributed by atoms with Crippen LogP contribution < -0.4 is 16.0 Å². The van der Waals surface area contributed by atoms with Crippen LogP contribution >= 0.6 is 0 Å². The van der Waals surface area contributed by atoms with Crippen LogP contribution in [0.5, 0.6) is 0 Å². The van der Waals surface area contributed by atoms with Gasteiger partial charge < -0.3 is 15.2 Å². The normalized spacial score (nSPS) is 12.3. The monoisotopic (exact) mass is 312 g/mol. The van der Waals surface area contributed by atoms with Gasteiger partial charge in [0.05, 0.1) is 17.7 Å². The van der Waals surface area contributed by atoms with Crippen molar-refractivity contribution in [3.8, 4) is 11.3 Å². The summed E-state index contributed by atoms with van der Waals surface area (Å²) in [4.78, 5) is 31.3. The molecule has 8 nitrogen and oxygen atoms in total. The number of hydrogen-bond donors (Lipinski definition) is 2. The molecule has 0 fully saturated rings. The lowest BCUT2D eigenvalue weighted by molar-refractivity contribution is -0.306. The largest absolute Gasteiger partial charge is 0.548 e. The van der Waals surface area contributed by atoms with E-state index < -0.39 is 12.0 Å². The SMILES string of the molecule is Cc1nc2nc(-c3ccc(NC(C)C(=O)[O-])cc3)cc(=O)n2[nH]1. The highest BCUT2D eigenvalue weighted by Gasteiger charge is 2.08. The topological polar surface area (TPSA) is 115 Å². The molecule has 0 spiro atoms. The maximum absolute atomic E-state index is 12.0. The van der Waals surface area contributed by atoms with E-state index in [1.54, 1.807) is 31.2 Å². The predicted molar refractivity (Wildman–Crippen MR) is 81.9 cm³/mol. The second-order valence-corrected chi connectivity index (χ2v) is 5.19. The molecule has 0 aliphatic heterocycles. The van der Waals surface area contributed by atoms with Crippen molar-refractivity contribution in [2.45, 2.75) is 19.9 Å². The number of anilines is 1.